The molecule has 0 unspecified atom stereocenters. The van der Waals surface area contributed by atoms with Crippen LogP contribution in [-0.2, 0) is 31.2 Å². The van der Waals surface area contributed by atoms with E-state index in [0.29, 0.717) is 30.5 Å². The van der Waals surface area contributed by atoms with Gasteiger partial charge >= 0.3 is 5.97 Å². The number of hydrogen-bond donors (Lipinski definition) is 0. The van der Waals surface area contributed by atoms with E-state index in [1.807, 2.05) is 24.3 Å². The third kappa shape index (κ3) is 5.68. The summed E-state index contributed by atoms with van der Waals surface area (Å²) in [4.78, 5) is 50.0. The van der Waals surface area contributed by atoms with Crippen molar-refractivity contribution in [1.82, 2.24) is 4.90 Å². The molecule has 12 nitrogen and oxygen atoms in total. The first-order valence-corrected chi connectivity index (χ1v) is 17.4. The van der Waals surface area contributed by atoms with Crippen LogP contribution in [0.3, 0.4) is 0 Å². The number of rotatable bonds is 6. The van der Waals surface area contributed by atoms with Gasteiger partial charge in [-0.25, -0.2) is 4.79 Å². The molecular weight excluding hydrogens is 692 g/mol. The van der Waals surface area contributed by atoms with Crippen LogP contribution in [0.5, 0.6) is 23.0 Å². The summed E-state index contributed by atoms with van der Waals surface area (Å²) in [6.45, 7) is 1.11. The maximum Gasteiger partial charge on any atom is 0.338 e. The van der Waals surface area contributed by atoms with Gasteiger partial charge in [0.1, 0.15) is 26.4 Å². The van der Waals surface area contributed by atoms with Crippen molar-refractivity contribution >= 4 is 45.0 Å². The minimum atomic E-state index is -0.623. The van der Waals surface area contributed by atoms with Gasteiger partial charge in [0, 0.05) is 29.4 Å². The number of amides is 2. The summed E-state index contributed by atoms with van der Waals surface area (Å²) < 4.78 is 30.8. The molecule has 54 heavy (non-hydrogen) atoms. The Morgan fingerprint density at radius 1 is 0.648 bits per heavy atom. The van der Waals surface area contributed by atoms with Crippen LogP contribution in [-0.4, -0.2) is 40.8 Å². The highest BCUT2D eigenvalue weighted by Gasteiger charge is 2.36. The van der Waals surface area contributed by atoms with Crippen LogP contribution >= 0.6 is 0 Å². The highest BCUT2D eigenvalue weighted by molar-refractivity contribution is 6.21. The molecule has 0 N–H and O–H groups in total. The van der Waals surface area contributed by atoms with Gasteiger partial charge in [0.25, 0.3) is 17.5 Å². The van der Waals surface area contributed by atoms with Crippen LogP contribution < -0.4 is 18.9 Å². The van der Waals surface area contributed by atoms with Crippen molar-refractivity contribution in [3.8, 4) is 23.0 Å². The minimum absolute atomic E-state index is 0.0154. The number of hydrogen-bond acceptors (Lipinski definition) is 10. The number of nitro benzene ring substituents is 1. The van der Waals surface area contributed by atoms with Crippen LogP contribution in [0, 0.1) is 10.1 Å². The van der Waals surface area contributed by atoms with Crippen LogP contribution in [0.4, 0.5) is 5.69 Å². The van der Waals surface area contributed by atoms with E-state index >= 15 is 0 Å². The summed E-state index contributed by atoms with van der Waals surface area (Å²) in [7, 11) is 0. The van der Waals surface area contributed by atoms with Gasteiger partial charge in [-0.3, -0.25) is 24.6 Å². The number of nitro groups is 1. The molecule has 0 aliphatic carbocycles. The number of benzene rings is 6. The lowest BCUT2D eigenvalue weighted by Crippen LogP contribution is -2.31. The smallest absolute Gasteiger partial charge is 0.338 e. The molecule has 0 radical (unpaired) electrons. The van der Waals surface area contributed by atoms with Crippen molar-refractivity contribution in [1.29, 1.82) is 0 Å². The molecule has 0 saturated heterocycles. The number of nitrogens with zero attached hydrogens (tertiary/aromatic N) is 2. The van der Waals surface area contributed by atoms with E-state index in [-0.39, 0.29) is 55.2 Å². The predicted molar refractivity (Wildman–Crippen MR) is 195 cm³/mol. The molecule has 268 valence electrons. The third-order valence-corrected chi connectivity index (χ3v) is 9.98. The van der Waals surface area contributed by atoms with Crippen molar-refractivity contribution in [2.24, 2.45) is 0 Å². The molecule has 6 aromatic carbocycles. The third-order valence-electron chi connectivity index (χ3n) is 9.98. The van der Waals surface area contributed by atoms with Gasteiger partial charge in [-0.05, 0) is 75.8 Å². The average Bonchev–Trinajstić information content (AvgIpc) is 3.42. The average molecular weight is 723 g/mol. The molecule has 12 heteroatoms. The lowest BCUT2D eigenvalue weighted by molar-refractivity contribution is -0.384. The number of fused-ring (bicyclic) bond motifs is 10. The molecule has 0 bridgehead atoms. The fourth-order valence-corrected chi connectivity index (χ4v) is 7.24. The second-order valence-corrected chi connectivity index (χ2v) is 13.2. The van der Waals surface area contributed by atoms with Gasteiger partial charge in [-0.1, -0.05) is 48.5 Å². The number of ether oxygens (including phenoxy) is 5. The Hall–Kier alpha value is -6.95. The number of carbonyl (C=O) groups excluding carboxylic acids is 3. The van der Waals surface area contributed by atoms with E-state index in [9.17, 15) is 24.5 Å². The van der Waals surface area contributed by atoms with E-state index in [1.165, 1.54) is 12.1 Å². The Morgan fingerprint density at radius 3 is 1.81 bits per heavy atom. The van der Waals surface area contributed by atoms with E-state index in [4.69, 9.17) is 23.7 Å². The summed E-state index contributed by atoms with van der Waals surface area (Å²) in [5, 5.41) is 15.3. The molecule has 2 amide bonds. The van der Waals surface area contributed by atoms with E-state index in [0.717, 1.165) is 60.5 Å². The molecular formula is C42H30N2O10. The first-order chi connectivity index (χ1) is 26.3. The fraction of sp³-hybridized carbons (Fsp3) is 0.167. The summed E-state index contributed by atoms with van der Waals surface area (Å²) in [6.07, 6.45) is 0.179. The zero-order chi connectivity index (χ0) is 36.9. The summed E-state index contributed by atoms with van der Waals surface area (Å²) >= 11 is 0. The van der Waals surface area contributed by atoms with Crippen molar-refractivity contribution in [3.05, 3.63) is 146 Å². The van der Waals surface area contributed by atoms with E-state index in [1.54, 1.807) is 18.2 Å². The standard InChI is InChI=1S/C42H30N2O10/c45-40-34-12-11-29(44(48)49)19-35(34)41(46)43(40)14-5-15-50-42(47)24-10-13-36-37(18-24)52-21-26-17-28-23-54-39-33-9-4-2-7-31(33)30-6-1-3-8-32(30)38(39)53-22-27(28)16-25(26)20-51-36/h1-4,6-13,16-19H,5,14-15,20-23H2. The maximum absolute atomic E-state index is 13.0. The highest BCUT2D eigenvalue weighted by Crippen LogP contribution is 2.45. The van der Waals surface area contributed by atoms with Gasteiger partial charge in [-0.15, -0.1) is 0 Å². The Morgan fingerprint density at radius 2 is 1.20 bits per heavy atom. The zero-order valence-electron chi connectivity index (χ0n) is 28.7. The van der Waals surface area contributed by atoms with Crippen LogP contribution in [0.1, 0.15) is 59.7 Å². The minimum Gasteiger partial charge on any atom is -0.485 e. The molecule has 0 spiro atoms. The topological polar surface area (TPSA) is 144 Å². The molecule has 3 heterocycles. The number of non-ortho nitro benzene ring substituents is 1. The molecule has 0 saturated carbocycles. The molecule has 3 aliphatic heterocycles. The second kappa shape index (κ2) is 13.2. The van der Waals surface area contributed by atoms with Crippen molar-refractivity contribution in [3.63, 3.8) is 0 Å². The Labute approximate surface area is 307 Å². The fourth-order valence-electron chi connectivity index (χ4n) is 7.24. The van der Waals surface area contributed by atoms with Crippen molar-refractivity contribution in [2.75, 3.05) is 13.2 Å². The molecule has 0 fully saturated rings. The monoisotopic (exact) mass is 722 g/mol. The largest absolute Gasteiger partial charge is 0.485 e. The van der Waals surface area contributed by atoms with E-state index in [2.05, 4.69) is 36.4 Å². The van der Waals surface area contributed by atoms with Gasteiger partial charge in [0.05, 0.1) is 28.2 Å². The predicted octanol–water partition coefficient (Wildman–Crippen LogP) is 7.69. The first-order valence-electron chi connectivity index (χ1n) is 17.4. The molecule has 3 aliphatic rings. The normalized spacial score (nSPS) is 14.3. The van der Waals surface area contributed by atoms with Crippen molar-refractivity contribution < 1.29 is 43.0 Å². The highest BCUT2D eigenvalue weighted by atomic mass is 16.6. The van der Waals surface area contributed by atoms with Gasteiger partial charge in [0.15, 0.2) is 23.0 Å². The Kier molecular flexibility index (Phi) is 8.07. The lowest BCUT2D eigenvalue weighted by Gasteiger charge is -2.25. The van der Waals surface area contributed by atoms with Crippen LogP contribution in [0.2, 0.25) is 0 Å². The quantitative estimate of drug-likeness (QED) is 0.0419. The lowest BCUT2D eigenvalue weighted by atomic mass is 9.97. The molecule has 0 atom stereocenters. The SMILES string of the molecule is O=C(OCCCN1C(=O)c2ccc([N+](=O)[O-])cc2C1=O)c1ccc2c(c1)OCc1cc3c(cc1CO2)COc1c(c2ccccc2c2ccccc12)OC3. The molecule has 6 aromatic rings. The summed E-state index contributed by atoms with van der Waals surface area (Å²) in [5.41, 5.74) is 3.90. The van der Waals surface area contributed by atoms with Gasteiger partial charge in [-0.2, -0.15) is 0 Å². The number of carbonyl (C=O) groups is 3. The summed E-state index contributed by atoms with van der Waals surface area (Å²) in [6, 6.07) is 28.9. The summed E-state index contributed by atoms with van der Waals surface area (Å²) in [5.74, 6) is 0.521. The van der Waals surface area contributed by atoms with Crippen molar-refractivity contribution in [2.45, 2.75) is 32.8 Å². The number of imide groups is 1. The number of esters is 1. The van der Waals surface area contributed by atoms with Crippen LogP contribution in [0.15, 0.2) is 97.1 Å². The van der Waals surface area contributed by atoms with Gasteiger partial charge in [0.2, 0.25) is 0 Å². The van der Waals surface area contributed by atoms with Gasteiger partial charge < -0.3 is 23.7 Å². The van der Waals surface area contributed by atoms with E-state index < -0.39 is 22.7 Å². The first kappa shape index (κ1) is 32.9. The maximum atomic E-state index is 13.0. The van der Waals surface area contributed by atoms with Crippen LogP contribution in [0.25, 0.3) is 21.5 Å². The Balaban J connectivity index is 0.862. The Bertz CT molecular complexity index is 2580. The molecule has 0 aromatic heterocycles. The zero-order valence-corrected chi connectivity index (χ0v) is 28.7. The second-order valence-electron chi connectivity index (χ2n) is 13.2. The molecule has 9 rings (SSSR count).